The first kappa shape index (κ1) is 25.0. The molecule has 196 valence electrons. The predicted octanol–water partition coefficient (Wildman–Crippen LogP) is 3.08. The smallest absolute Gasteiger partial charge is 0.286 e. The summed E-state index contributed by atoms with van der Waals surface area (Å²) < 4.78 is 54.2. The molecule has 0 radical (unpaired) electrons. The molecule has 2 amide bonds. The number of amides is 2. The van der Waals surface area contributed by atoms with Crippen LogP contribution >= 0.6 is 0 Å². The Morgan fingerprint density at radius 2 is 2.05 bits per heavy atom. The zero-order valence-electron chi connectivity index (χ0n) is 20.3. The molecule has 3 heterocycles. The minimum absolute atomic E-state index is 0.0629. The van der Waals surface area contributed by atoms with Crippen LogP contribution < -0.4 is 10.1 Å². The van der Waals surface area contributed by atoms with E-state index >= 15 is 0 Å². The molecule has 1 saturated heterocycles. The van der Waals surface area contributed by atoms with Crippen LogP contribution in [-0.2, 0) is 9.53 Å². The first-order chi connectivity index (χ1) is 17.7. The summed E-state index contributed by atoms with van der Waals surface area (Å²) in [6.45, 7) is 0.613. The number of nitrogens with one attached hydrogen (secondary N) is 2. The Bertz CT molecular complexity index is 1360. The van der Waals surface area contributed by atoms with Gasteiger partial charge in [0.2, 0.25) is 5.91 Å². The van der Waals surface area contributed by atoms with Crippen LogP contribution in [0.2, 0.25) is 0 Å². The Kier molecular flexibility index (Phi) is 6.52. The Morgan fingerprint density at radius 3 is 2.78 bits per heavy atom. The van der Waals surface area contributed by atoms with E-state index in [4.69, 9.17) is 9.47 Å². The molecule has 2 aliphatic rings. The van der Waals surface area contributed by atoms with E-state index in [-0.39, 0.29) is 24.2 Å². The fraction of sp³-hybridized carbons (Fsp3) is 0.440. The lowest BCUT2D eigenvalue weighted by Gasteiger charge is -2.18. The number of aromatic nitrogens is 3. The van der Waals surface area contributed by atoms with Gasteiger partial charge in [0.15, 0.2) is 0 Å². The fourth-order valence-corrected chi connectivity index (χ4v) is 4.48. The summed E-state index contributed by atoms with van der Waals surface area (Å²) in [6.07, 6.45) is 3.40. The molecule has 1 atom stereocenters. The third-order valence-electron chi connectivity index (χ3n) is 6.61. The van der Waals surface area contributed by atoms with Crippen molar-refractivity contribution in [1.29, 1.82) is 0 Å². The third kappa shape index (κ3) is 4.97. The van der Waals surface area contributed by atoms with Gasteiger partial charge in [0, 0.05) is 24.9 Å². The van der Waals surface area contributed by atoms with Crippen molar-refractivity contribution in [2.75, 3.05) is 33.4 Å². The highest BCUT2D eigenvalue weighted by atomic mass is 19.3. The largest absolute Gasteiger partial charge is 0.493 e. The molecule has 0 spiro atoms. The zero-order chi connectivity index (χ0) is 26.3. The lowest BCUT2D eigenvalue weighted by molar-refractivity contribution is -0.135. The van der Waals surface area contributed by atoms with Crippen molar-refractivity contribution in [1.82, 2.24) is 25.2 Å². The fourth-order valence-electron chi connectivity index (χ4n) is 4.48. The Labute approximate surface area is 210 Å². The average molecular weight is 518 g/mol. The number of fused-ring (bicyclic) bond motifs is 1. The number of likely N-dealkylation sites (tertiary alicyclic amines) is 1. The molecule has 2 fully saturated rings. The molecule has 3 aromatic rings. The summed E-state index contributed by atoms with van der Waals surface area (Å²) in [5.74, 6) is -4.26. The van der Waals surface area contributed by atoms with E-state index in [2.05, 4.69) is 20.3 Å². The van der Waals surface area contributed by atoms with Gasteiger partial charge in [-0.15, -0.1) is 0 Å². The quantitative estimate of drug-likeness (QED) is 0.475. The van der Waals surface area contributed by atoms with E-state index in [9.17, 15) is 22.8 Å². The number of carbonyl (C=O) groups excluding carboxylic acids is 2. The van der Waals surface area contributed by atoms with Crippen molar-refractivity contribution in [2.45, 2.75) is 31.7 Å². The first-order valence-corrected chi connectivity index (χ1v) is 11.9. The van der Waals surface area contributed by atoms with E-state index in [1.54, 1.807) is 6.92 Å². The number of hydrogen-bond acceptors (Lipinski definition) is 6. The van der Waals surface area contributed by atoms with Crippen LogP contribution in [0.3, 0.4) is 0 Å². The standard InChI is InChI=1S/C25H26F3N5O4/c1-13-20(24(35)32-18-8-33(11-25(18,27)28)19(34)10-36-2)22-23(31-13)21(29-12-30-22)16-7-15(26)5-6-17(16)37-9-14-3-4-14/h5-7,12,14,18,31H,3-4,8-11H2,1-2H3,(H,32,35)/t18-/m1/s1. The van der Waals surface area contributed by atoms with Crippen molar-refractivity contribution in [3.8, 4) is 17.0 Å². The number of hydrogen-bond donors (Lipinski definition) is 2. The molecule has 2 N–H and O–H groups in total. The molecule has 1 aliphatic heterocycles. The summed E-state index contributed by atoms with van der Waals surface area (Å²) in [6, 6.07) is 2.54. The SMILES string of the molecule is COCC(=O)N1C[C@@H](NC(=O)c2c(C)[nH]c3c(-c4cc(F)ccc4OCC4CC4)ncnc23)C(F)(F)C1. The highest BCUT2D eigenvalue weighted by Gasteiger charge is 2.50. The van der Waals surface area contributed by atoms with E-state index in [0.717, 1.165) is 17.7 Å². The maximum absolute atomic E-state index is 14.6. The molecular weight excluding hydrogens is 491 g/mol. The molecule has 37 heavy (non-hydrogen) atoms. The molecule has 1 saturated carbocycles. The molecule has 0 unspecified atom stereocenters. The molecule has 2 aromatic heterocycles. The predicted molar refractivity (Wildman–Crippen MR) is 127 cm³/mol. The Morgan fingerprint density at radius 1 is 1.27 bits per heavy atom. The summed E-state index contributed by atoms with van der Waals surface area (Å²) >= 11 is 0. The van der Waals surface area contributed by atoms with Crippen LogP contribution in [0.1, 0.15) is 28.9 Å². The minimum atomic E-state index is -3.32. The zero-order valence-corrected chi connectivity index (χ0v) is 20.3. The number of halogens is 3. The van der Waals surface area contributed by atoms with E-state index in [1.807, 2.05) is 0 Å². The molecule has 1 aliphatic carbocycles. The molecule has 5 rings (SSSR count). The van der Waals surface area contributed by atoms with Crippen molar-refractivity contribution >= 4 is 22.8 Å². The van der Waals surface area contributed by atoms with Gasteiger partial charge >= 0.3 is 0 Å². The van der Waals surface area contributed by atoms with Gasteiger partial charge in [0.1, 0.15) is 41.8 Å². The summed E-state index contributed by atoms with van der Waals surface area (Å²) in [7, 11) is 1.30. The van der Waals surface area contributed by atoms with Gasteiger partial charge in [0.05, 0.1) is 24.2 Å². The Hall–Kier alpha value is -3.67. The molecule has 9 nitrogen and oxygen atoms in total. The minimum Gasteiger partial charge on any atom is -0.493 e. The van der Waals surface area contributed by atoms with Gasteiger partial charge < -0.3 is 24.7 Å². The maximum Gasteiger partial charge on any atom is 0.286 e. The second-order valence-electron chi connectivity index (χ2n) is 9.46. The van der Waals surface area contributed by atoms with E-state index in [0.29, 0.717) is 40.7 Å². The van der Waals surface area contributed by atoms with Crippen molar-refractivity contribution in [3.63, 3.8) is 0 Å². The number of nitrogens with zero attached hydrogens (tertiary/aromatic N) is 3. The van der Waals surface area contributed by atoms with Crippen LogP contribution in [0.5, 0.6) is 5.75 Å². The van der Waals surface area contributed by atoms with E-state index in [1.165, 1.54) is 31.6 Å². The van der Waals surface area contributed by atoms with Gasteiger partial charge in [-0.05, 0) is 43.9 Å². The number of aromatic amines is 1. The lowest BCUT2D eigenvalue weighted by atomic mass is 10.1. The van der Waals surface area contributed by atoms with Gasteiger partial charge in [-0.1, -0.05) is 0 Å². The van der Waals surface area contributed by atoms with Crippen LogP contribution in [0.25, 0.3) is 22.3 Å². The summed E-state index contributed by atoms with van der Waals surface area (Å²) in [4.78, 5) is 37.8. The maximum atomic E-state index is 14.6. The average Bonchev–Trinajstić information content (AvgIpc) is 3.54. The topological polar surface area (TPSA) is 109 Å². The van der Waals surface area contributed by atoms with Crippen LogP contribution in [0.15, 0.2) is 24.5 Å². The lowest BCUT2D eigenvalue weighted by Crippen LogP contribution is -2.46. The second kappa shape index (κ2) is 9.66. The van der Waals surface area contributed by atoms with Gasteiger partial charge in [-0.2, -0.15) is 0 Å². The van der Waals surface area contributed by atoms with Gasteiger partial charge in [0.25, 0.3) is 11.8 Å². The van der Waals surface area contributed by atoms with Crippen molar-refractivity contribution < 1.29 is 32.2 Å². The van der Waals surface area contributed by atoms with Gasteiger partial charge in [-0.25, -0.2) is 23.1 Å². The monoisotopic (exact) mass is 517 g/mol. The molecule has 1 aromatic carbocycles. The number of benzene rings is 1. The molecule has 0 bridgehead atoms. The van der Waals surface area contributed by atoms with Crippen LogP contribution in [0, 0.1) is 18.7 Å². The molecular formula is C25H26F3N5O4. The number of aryl methyl sites for hydroxylation is 1. The number of H-pyrrole nitrogens is 1. The summed E-state index contributed by atoms with van der Waals surface area (Å²) in [5, 5.41) is 2.36. The van der Waals surface area contributed by atoms with Crippen LogP contribution in [-0.4, -0.2) is 77.0 Å². The number of alkyl halides is 2. The Balaban J connectivity index is 1.45. The number of ether oxygens (including phenoxy) is 2. The first-order valence-electron chi connectivity index (χ1n) is 11.9. The molecule has 12 heteroatoms. The van der Waals surface area contributed by atoms with Crippen LogP contribution in [0.4, 0.5) is 13.2 Å². The second-order valence-corrected chi connectivity index (χ2v) is 9.46. The normalized spacial score (nSPS) is 18.8. The number of carbonyl (C=O) groups is 2. The van der Waals surface area contributed by atoms with E-state index < -0.39 is 36.1 Å². The summed E-state index contributed by atoms with van der Waals surface area (Å²) in [5.41, 5.74) is 1.69. The van der Waals surface area contributed by atoms with Gasteiger partial charge in [-0.3, -0.25) is 9.59 Å². The highest BCUT2D eigenvalue weighted by Crippen LogP contribution is 2.37. The van der Waals surface area contributed by atoms with Crippen molar-refractivity contribution in [3.05, 3.63) is 41.6 Å². The third-order valence-corrected chi connectivity index (χ3v) is 6.61. The number of methoxy groups -OCH3 is 1. The highest BCUT2D eigenvalue weighted by molar-refractivity contribution is 6.09. The number of rotatable bonds is 8. The van der Waals surface area contributed by atoms with Crippen molar-refractivity contribution in [2.24, 2.45) is 5.92 Å².